The highest BCUT2D eigenvalue weighted by atomic mass is 32.2. The van der Waals surface area contributed by atoms with E-state index in [1.165, 1.54) is 22.7 Å². The number of nitrogens with zero attached hydrogens (tertiary/aromatic N) is 3. The lowest BCUT2D eigenvalue weighted by atomic mass is 9.87. The second-order valence-electron chi connectivity index (χ2n) is 10.6. The molecule has 0 fully saturated rings. The van der Waals surface area contributed by atoms with Crippen molar-refractivity contribution < 1.29 is 18.4 Å². The number of rotatable bonds is 6. The molecular formula is C30H31FN4O3S. The molecule has 0 unspecified atom stereocenters. The minimum atomic E-state index is -0.492. The second-order valence-corrected chi connectivity index (χ2v) is 11.7. The van der Waals surface area contributed by atoms with Crippen LogP contribution in [-0.4, -0.2) is 33.9 Å². The highest BCUT2D eigenvalue weighted by Gasteiger charge is 2.40. The van der Waals surface area contributed by atoms with Gasteiger partial charge in [0.2, 0.25) is 11.8 Å². The minimum absolute atomic E-state index is 0.0799. The Morgan fingerprint density at radius 1 is 1.13 bits per heavy atom. The Labute approximate surface area is 231 Å². The van der Waals surface area contributed by atoms with Crippen LogP contribution in [0.25, 0.3) is 5.69 Å². The molecule has 0 saturated heterocycles. The summed E-state index contributed by atoms with van der Waals surface area (Å²) in [6.07, 6.45) is 1.54. The van der Waals surface area contributed by atoms with Crippen LogP contribution in [0.4, 0.5) is 10.2 Å². The van der Waals surface area contributed by atoms with Crippen molar-refractivity contribution in [2.45, 2.75) is 44.9 Å². The third-order valence-corrected chi connectivity index (χ3v) is 7.91. The maximum absolute atomic E-state index is 15.3. The smallest absolute Gasteiger partial charge is 0.240 e. The summed E-state index contributed by atoms with van der Waals surface area (Å²) >= 11 is 1.36. The molecule has 2 amide bonds. The zero-order chi connectivity index (χ0) is 27.7. The number of amides is 2. The predicted octanol–water partition coefficient (Wildman–Crippen LogP) is 5.70. The summed E-state index contributed by atoms with van der Waals surface area (Å²) in [5, 5.41) is 7.41. The van der Waals surface area contributed by atoms with Crippen molar-refractivity contribution in [2.75, 3.05) is 17.2 Å². The molecule has 1 aliphatic heterocycles. The first-order valence-electron chi connectivity index (χ1n) is 12.8. The number of carbonyl (C=O) groups is 2. The third-order valence-electron chi connectivity index (χ3n) is 6.67. The Morgan fingerprint density at radius 2 is 1.87 bits per heavy atom. The van der Waals surface area contributed by atoms with Gasteiger partial charge in [0.1, 0.15) is 23.9 Å². The Balaban J connectivity index is 1.70. The number of hydrogen-bond donors (Lipinski definition) is 1. The van der Waals surface area contributed by atoms with Crippen molar-refractivity contribution in [3.8, 4) is 5.69 Å². The first-order chi connectivity index (χ1) is 18.6. The van der Waals surface area contributed by atoms with E-state index in [2.05, 4.69) is 5.32 Å². The molecule has 2 aromatic carbocycles. The third kappa shape index (κ3) is 5.36. The fraction of sp³-hybridized carbons (Fsp3) is 0.300. The van der Waals surface area contributed by atoms with E-state index < -0.39 is 10.7 Å². The second kappa shape index (κ2) is 10.7. The molecule has 3 heterocycles. The summed E-state index contributed by atoms with van der Waals surface area (Å²) in [5.74, 6) is 0.253. The Morgan fingerprint density at radius 3 is 2.56 bits per heavy atom. The summed E-state index contributed by atoms with van der Waals surface area (Å²) < 4.78 is 22.3. The lowest BCUT2D eigenvalue weighted by molar-refractivity contribution is -0.123. The summed E-state index contributed by atoms with van der Waals surface area (Å²) in [6, 6.07) is 17.9. The summed E-state index contributed by atoms with van der Waals surface area (Å²) in [6.45, 7) is 8.12. The van der Waals surface area contributed by atoms with E-state index in [1.54, 1.807) is 41.3 Å². The van der Waals surface area contributed by atoms with Crippen LogP contribution in [0, 0.1) is 12.7 Å². The monoisotopic (exact) mass is 546 g/mol. The van der Waals surface area contributed by atoms with Gasteiger partial charge in [-0.05, 0) is 36.8 Å². The molecule has 0 aliphatic carbocycles. The maximum atomic E-state index is 15.3. The molecule has 9 heteroatoms. The van der Waals surface area contributed by atoms with Gasteiger partial charge in [-0.25, -0.2) is 9.07 Å². The van der Waals surface area contributed by atoms with Crippen molar-refractivity contribution in [2.24, 2.45) is 0 Å². The lowest BCUT2D eigenvalue weighted by Crippen LogP contribution is -2.42. The molecule has 1 N–H and O–H groups in total. The molecule has 1 atom stereocenters. The molecule has 0 radical (unpaired) electrons. The van der Waals surface area contributed by atoms with Gasteiger partial charge in [-0.3, -0.25) is 14.5 Å². The fourth-order valence-corrected chi connectivity index (χ4v) is 5.99. The van der Waals surface area contributed by atoms with Crippen molar-refractivity contribution >= 4 is 29.4 Å². The number of aromatic nitrogens is 2. The number of anilines is 1. The van der Waals surface area contributed by atoms with Gasteiger partial charge in [-0.15, -0.1) is 11.8 Å². The average molecular weight is 547 g/mol. The first-order valence-corrected chi connectivity index (χ1v) is 13.8. The van der Waals surface area contributed by atoms with Crippen LogP contribution in [0.5, 0.6) is 0 Å². The van der Waals surface area contributed by atoms with E-state index in [-0.39, 0.29) is 36.5 Å². The number of hydrogen-bond acceptors (Lipinski definition) is 5. The molecular weight excluding hydrogens is 515 g/mol. The van der Waals surface area contributed by atoms with Gasteiger partial charge in [0.25, 0.3) is 0 Å². The average Bonchev–Trinajstić information content (AvgIpc) is 3.53. The summed E-state index contributed by atoms with van der Waals surface area (Å²) in [5.41, 5.74) is 3.29. The van der Waals surface area contributed by atoms with Crippen LogP contribution in [0.2, 0.25) is 0 Å². The van der Waals surface area contributed by atoms with Crippen LogP contribution >= 0.6 is 11.8 Å². The van der Waals surface area contributed by atoms with Gasteiger partial charge in [0.15, 0.2) is 0 Å². The molecule has 202 valence electrons. The van der Waals surface area contributed by atoms with Gasteiger partial charge >= 0.3 is 0 Å². The van der Waals surface area contributed by atoms with Crippen LogP contribution in [-0.2, 0) is 21.5 Å². The van der Waals surface area contributed by atoms with Crippen molar-refractivity contribution in [1.82, 2.24) is 15.1 Å². The largest absolute Gasteiger partial charge is 0.467 e. The molecule has 2 aromatic heterocycles. The summed E-state index contributed by atoms with van der Waals surface area (Å²) in [7, 11) is 0. The topological polar surface area (TPSA) is 80.4 Å². The van der Waals surface area contributed by atoms with Gasteiger partial charge in [0, 0.05) is 16.5 Å². The van der Waals surface area contributed by atoms with E-state index in [0.29, 0.717) is 17.1 Å². The Kier molecular flexibility index (Phi) is 7.36. The number of carbonyl (C=O) groups excluding carboxylic acids is 2. The number of thioether (sulfide) groups is 1. The number of benzene rings is 2. The number of para-hydroxylation sites is 1. The van der Waals surface area contributed by atoms with Gasteiger partial charge in [-0.2, -0.15) is 5.10 Å². The highest BCUT2D eigenvalue weighted by Crippen LogP contribution is 2.49. The maximum Gasteiger partial charge on any atom is 0.240 e. The van der Waals surface area contributed by atoms with E-state index >= 15 is 4.39 Å². The molecule has 4 aromatic rings. The fourth-order valence-electron chi connectivity index (χ4n) is 4.77. The number of nitrogens with one attached hydrogen (secondary N) is 1. The molecule has 0 spiro atoms. The normalized spacial score (nSPS) is 15.7. The van der Waals surface area contributed by atoms with Crippen LogP contribution in [0.15, 0.2) is 71.3 Å². The van der Waals surface area contributed by atoms with Crippen LogP contribution in [0.3, 0.4) is 0 Å². The number of aryl methyl sites for hydroxylation is 1. The number of fused-ring (bicyclic) bond motifs is 1. The molecule has 0 saturated carbocycles. The first kappa shape index (κ1) is 26.7. The van der Waals surface area contributed by atoms with Crippen molar-refractivity contribution in [1.29, 1.82) is 0 Å². The molecule has 0 bridgehead atoms. The van der Waals surface area contributed by atoms with Gasteiger partial charge in [-0.1, -0.05) is 57.2 Å². The number of halogens is 1. The molecule has 1 aliphatic rings. The van der Waals surface area contributed by atoms with E-state index in [0.717, 1.165) is 22.5 Å². The van der Waals surface area contributed by atoms with Crippen molar-refractivity contribution in [3.05, 3.63) is 101 Å². The van der Waals surface area contributed by atoms with E-state index in [9.17, 15) is 9.59 Å². The standard InChI is InChI=1S/C30H31FN4O3S/c1-19-10-5-8-14-23(19)35-29-26(28(33-35)30(2,3)4)27(21-12-6-7-13-22(21)31)39-18-25(37)34(29)17-24(36)32-16-20-11-9-15-38-20/h5-15,27H,16-18H2,1-4H3,(H,32,36)/t27-/m0/s1. The quantitative estimate of drug-likeness (QED) is 0.336. The Hall–Kier alpha value is -3.85. The lowest BCUT2D eigenvalue weighted by Gasteiger charge is -2.25. The predicted molar refractivity (Wildman–Crippen MR) is 151 cm³/mol. The number of furan rings is 1. The van der Waals surface area contributed by atoms with Crippen LogP contribution < -0.4 is 10.2 Å². The molecule has 5 rings (SSSR count). The van der Waals surface area contributed by atoms with Gasteiger partial charge in [0.05, 0.1) is 35.2 Å². The van der Waals surface area contributed by atoms with Crippen molar-refractivity contribution in [3.63, 3.8) is 0 Å². The highest BCUT2D eigenvalue weighted by molar-refractivity contribution is 8.00. The summed E-state index contributed by atoms with van der Waals surface area (Å²) in [4.78, 5) is 28.4. The zero-order valence-electron chi connectivity index (χ0n) is 22.4. The molecule has 7 nitrogen and oxygen atoms in total. The SMILES string of the molecule is Cc1ccccc1-n1nc(C(C)(C)C)c2c1N(CC(=O)NCc1ccco1)C(=O)CS[C@H]2c1ccccc1F. The molecule has 39 heavy (non-hydrogen) atoms. The van der Waals surface area contributed by atoms with Crippen LogP contribution in [0.1, 0.15) is 54.2 Å². The van der Waals surface area contributed by atoms with E-state index in [1.807, 2.05) is 52.0 Å². The minimum Gasteiger partial charge on any atom is -0.467 e. The zero-order valence-corrected chi connectivity index (χ0v) is 23.2. The van der Waals surface area contributed by atoms with Gasteiger partial charge < -0.3 is 9.73 Å². The Bertz CT molecular complexity index is 1510. The van der Waals surface area contributed by atoms with E-state index in [4.69, 9.17) is 9.52 Å².